The molecular formula is C15H22N2O8S3. The highest BCUT2D eigenvalue weighted by atomic mass is 32.2. The van der Waals surface area contributed by atoms with Crippen LogP contribution < -0.4 is 4.72 Å². The van der Waals surface area contributed by atoms with Crippen molar-refractivity contribution in [1.29, 1.82) is 0 Å². The number of hydrogen-bond donors (Lipinski definition) is 1. The summed E-state index contributed by atoms with van der Waals surface area (Å²) in [5, 5.41) is 0. The van der Waals surface area contributed by atoms with Gasteiger partial charge in [0.25, 0.3) is 10.0 Å². The minimum atomic E-state index is -4.15. The third-order valence-corrected chi connectivity index (χ3v) is 8.98. The van der Waals surface area contributed by atoms with Gasteiger partial charge in [0.15, 0.2) is 4.21 Å². The van der Waals surface area contributed by atoms with Gasteiger partial charge in [0.05, 0.1) is 26.0 Å². The molecule has 1 N–H and O–H groups in total. The van der Waals surface area contributed by atoms with Crippen LogP contribution in [0.2, 0.25) is 0 Å². The molecule has 10 nitrogen and oxygen atoms in total. The number of sulfonamides is 2. The number of methoxy groups -OCH3 is 2. The number of ether oxygens (including phenoxy) is 2. The average molecular weight is 455 g/mol. The molecule has 1 aliphatic heterocycles. The summed E-state index contributed by atoms with van der Waals surface area (Å²) in [5.74, 6) is -1.63. The highest BCUT2D eigenvalue weighted by molar-refractivity contribution is 7.91. The fraction of sp³-hybridized carbons (Fsp3) is 0.600. The summed E-state index contributed by atoms with van der Waals surface area (Å²) in [6, 6.07) is -0.502. The van der Waals surface area contributed by atoms with E-state index in [0.717, 1.165) is 20.5 Å². The Bertz CT molecular complexity index is 973. The quantitative estimate of drug-likeness (QED) is 0.608. The first-order valence-corrected chi connectivity index (χ1v) is 12.3. The normalized spacial score (nSPS) is 16.7. The molecule has 0 aromatic carbocycles. The van der Waals surface area contributed by atoms with Crippen LogP contribution in [0.4, 0.5) is 0 Å². The Morgan fingerprint density at radius 3 is 2.07 bits per heavy atom. The summed E-state index contributed by atoms with van der Waals surface area (Å²) in [4.78, 5) is 24.1. The highest BCUT2D eigenvalue weighted by Gasteiger charge is 2.35. The number of rotatable bonds is 6. The lowest BCUT2D eigenvalue weighted by atomic mass is 10.1. The molecule has 0 bridgehead atoms. The maximum absolute atomic E-state index is 12.9. The van der Waals surface area contributed by atoms with Crippen molar-refractivity contribution in [3.63, 3.8) is 0 Å². The minimum Gasteiger partial charge on any atom is -0.465 e. The molecule has 1 saturated heterocycles. The zero-order valence-electron chi connectivity index (χ0n) is 15.8. The van der Waals surface area contributed by atoms with Gasteiger partial charge >= 0.3 is 11.9 Å². The zero-order valence-corrected chi connectivity index (χ0v) is 18.3. The summed E-state index contributed by atoms with van der Waals surface area (Å²) >= 11 is 0.631. The predicted octanol–water partition coefficient (Wildman–Crippen LogP) is 0.332. The van der Waals surface area contributed by atoms with E-state index in [-0.39, 0.29) is 46.1 Å². The van der Waals surface area contributed by atoms with Gasteiger partial charge in [-0.15, -0.1) is 11.3 Å². The Hall–Kier alpha value is -1.54. The van der Waals surface area contributed by atoms with Crippen LogP contribution in [0.15, 0.2) is 4.21 Å². The van der Waals surface area contributed by atoms with Crippen LogP contribution in [0.3, 0.4) is 0 Å². The third-order valence-electron chi connectivity index (χ3n) is 4.36. The number of thiophene rings is 1. The fourth-order valence-electron chi connectivity index (χ4n) is 2.88. The second-order valence-electron chi connectivity index (χ2n) is 6.26. The summed E-state index contributed by atoms with van der Waals surface area (Å²) in [6.07, 6.45) is 1.67. The first kappa shape index (κ1) is 22.7. The van der Waals surface area contributed by atoms with Gasteiger partial charge in [-0.25, -0.2) is 35.5 Å². The Kier molecular flexibility index (Phi) is 6.86. The molecule has 0 amide bonds. The van der Waals surface area contributed by atoms with Crippen molar-refractivity contribution in [3.8, 4) is 0 Å². The maximum Gasteiger partial charge on any atom is 0.348 e. The largest absolute Gasteiger partial charge is 0.465 e. The number of piperidine rings is 1. The van der Waals surface area contributed by atoms with E-state index in [0.29, 0.717) is 11.3 Å². The van der Waals surface area contributed by atoms with Crippen LogP contribution in [0, 0.1) is 6.92 Å². The van der Waals surface area contributed by atoms with Gasteiger partial charge in [-0.05, 0) is 25.3 Å². The number of hydrogen-bond acceptors (Lipinski definition) is 9. The van der Waals surface area contributed by atoms with Crippen molar-refractivity contribution >= 4 is 43.3 Å². The van der Waals surface area contributed by atoms with Gasteiger partial charge in [0.2, 0.25) is 10.0 Å². The van der Waals surface area contributed by atoms with Crippen molar-refractivity contribution in [3.05, 3.63) is 16.0 Å². The van der Waals surface area contributed by atoms with Gasteiger partial charge in [-0.2, -0.15) is 0 Å². The van der Waals surface area contributed by atoms with Crippen molar-refractivity contribution in [2.75, 3.05) is 33.6 Å². The molecule has 0 radical (unpaired) electrons. The Labute approximate surface area is 167 Å². The lowest BCUT2D eigenvalue weighted by Gasteiger charge is -2.30. The SMILES string of the molecule is COC(=O)c1sc(S(=O)(=O)NC2CCN(S(C)(=O)=O)CC2)c(C(=O)OC)c1C. The smallest absolute Gasteiger partial charge is 0.348 e. The lowest BCUT2D eigenvalue weighted by molar-refractivity contribution is 0.0596. The van der Waals surface area contributed by atoms with Crippen LogP contribution >= 0.6 is 11.3 Å². The van der Waals surface area contributed by atoms with Crippen LogP contribution in [0.5, 0.6) is 0 Å². The van der Waals surface area contributed by atoms with Crippen molar-refractivity contribution < 1.29 is 35.9 Å². The van der Waals surface area contributed by atoms with Crippen LogP contribution in [-0.4, -0.2) is 72.7 Å². The molecule has 1 fully saturated rings. The molecule has 0 unspecified atom stereocenters. The number of nitrogens with zero attached hydrogens (tertiary/aromatic N) is 1. The summed E-state index contributed by atoms with van der Waals surface area (Å²) in [5.41, 5.74) is -0.0510. The Balaban J connectivity index is 2.33. The molecule has 0 saturated carbocycles. The van der Waals surface area contributed by atoms with Gasteiger partial charge < -0.3 is 9.47 Å². The van der Waals surface area contributed by atoms with E-state index in [9.17, 15) is 26.4 Å². The maximum atomic E-state index is 12.9. The number of esters is 2. The van der Waals surface area contributed by atoms with E-state index in [2.05, 4.69) is 14.2 Å². The van der Waals surface area contributed by atoms with Gasteiger partial charge in [-0.1, -0.05) is 0 Å². The van der Waals surface area contributed by atoms with Gasteiger partial charge in [-0.3, -0.25) is 0 Å². The zero-order chi connectivity index (χ0) is 21.3. The molecule has 0 spiro atoms. The first-order chi connectivity index (χ1) is 12.9. The van der Waals surface area contributed by atoms with E-state index in [1.807, 2.05) is 0 Å². The molecule has 1 aromatic rings. The standard InChI is InChI=1S/C15H22N2O8S3/c1-9-11(13(18)24-2)15(26-12(9)14(19)25-3)28(22,23)16-10-5-7-17(8-6-10)27(4,20)21/h10,16H,5-8H2,1-4H3. The molecule has 0 aliphatic carbocycles. The molecule has 13 heteroatoms. The molecule has 158 valence electrons. The first-order valence-electron chi connectivity index (χ1n) is 8.19. The molecule has 2 heterocycles. The van der Waals surface area contributed by atoms with Crippen molar-refractivity contribution in [2.45, 2.75) is 30.0 Å². The Morgan fingerprint density at radius 2 is 1.61 bits per heavy atom. The van der Waals surface area contributed by atoms with Crippen LogP contribution in [0.1, 0.15) is 38.4 Å². The molecule has 1 aliphatic rings. The third kappa shape index (κ3) is 4.71. The van der Waals surface area contributed by atoms with Gasteiger partial charge in [0, 0.05) is 19.1 Å². The molecule has 1 aromatic heterocycles. The lowest BCUT2D eigenvalue weighted by Crippen LogP contribution is -2.46. The molecular weight excluding hydrogens is 432 g/mol. The van der Waals surface area contributed by atoms with Crippen molar-refractivity contribution in [2.24, 2.45) is 0 Å². The number of nitrogens with one attached hydrogen (secondary N) is 1. The van der Waals surface area contributed by atoms with E-state index in [1.165, 1.54) is 11.2 Å². The molecule has 2 rings (SSSR count). The van der Waals surface area contributed by atoms with Crippen molar-refractivity contribution in [1.82, 2.24) is 9.03 Å². The topological polar surface area (TPSA) is 136 Å². The second kappa shape index (κ2) is 8.45. The van der Waals surface area contributed by atoms with E-state index >= 15 is 0 Å². The van der Waals surface area contributed by atoms with Gasteiger partial charge in [0.1, 0.15) is 4.88 Å². The number of carbonyl (C=O) groups excluding carboxylic acids is 2. The monoisotopic (exact) mass is 454 g/mol. The second-order valence-corrected chi connectivity index (χ2v) is 11.2. The number of carbonyl (C=O) groups is 2. The average Bonchev–Trinajstić information content (AvgIpc) is 2.98. The highest BCUT2D eigenvalue weighted by Crippen LogP contribution is 2.33. The summed E-state index contributed by atoms with van der Waals surface area (Å²) < 4.78 is 61.7. The van der Waals surface area contributed by atoms with E-state index < -0.39 is 38.0 Å². The Morgan fingerprint density at radius 1 is 1.07 bits per heavy atom. The van der Waals surface area contributed by atoms with Crippen LogP contribution in [-0.2, 0) is 29.5 Å². The summed E-state index contributed by atoms with van der Waals surface area (Å²) in [6.45, 7) is 1.82. The van der Waals surface area contributed by atoms with E-state index in [1.54, 1.807) is 0 Å². The predicted molar refractivity (Wildman–Crippen MR) is 101 cm³/mol. The van der Waals surface area contributed by atoms with E-state index in [4.69, 9.17) is 0 Å². The fourth-order valence-corrected chi connectivity index (χ4v) is 6.82. The molecule has 0 atom stereocenters. The van der Waals surface area contributed by atoms with Crippen LogP contribution in [0.25, 0.3) is 0 Å². The summed E-state index contributed by atoms with van der Waals surface area (Å²) in [7, 11) is -5.22. The molecule has 28 heavy (non-hydrogen) atoms. The minimum absolute atomic E-state index is 0.00447.